The van der Waals surface area contributed by atoms with E-state index in [1.54, 1.807) is 6.20 Å². The van der Waals surface area contributed by atoms with Crippen LogP contribution in [-0.4, -0.2) is 35.5 Å². The number of hydrogen-bond donors (Lipinski definition) is 2. The molecule has 1 fully saturated rings. The van der Waals surface area contributed by atoms with Crippen molar-refractivity contribution in [1.29, 1.82) is 0 Å². The van der Waals surface area contributed by atoms with Gasteiger partial charge in [0.1, 0.15) is 5.69 Å². The zero-order valence-electron chi connectivity index (χ0n) is 9.26. The van der Waals surface area contributed by atoms with E-state index in [9.17, 15) is 4.79 Å². The highest BCUT2D eigenvalue weighted by Gasteiger charge is 2.15. The molecule has 1 unspecified atom stereocenters. The van der Waals surface area contributed by atoms with E-state index in [1.165, 1.54) is 12.4 Å². The maximum absolute atomic E-state index is 11.6. The van der Waals surface area contributed by atoms with Gasteiger partial charge in [-0.1, -0.05) is 0 Å². The van der Waals surface area contributed by atoms with E-state index < -0.39 is 0 Å². The minimum Gasteiger partial charge on any atom is -0.350 e. The molecule has 2 N–H and O–H groups in total. The van der Waals surface area contributed by atoms with Crippen LogP contribution in [0.4, 0.5) is 0 Å². The van der Waals surface area contributed by atoms with Crippen LogP contribution in [0.5, 0.6) is 0 Å². The molecule has 1 aliphatic heterocycles. The molecule has 0 aliphatic carbocycles. The molecule has 17 heavy (non-hydrogen) atoms. The number of rotatable bonds is 3. The van der Waals surface area contributed by atoms with Gasteiger partial charge in [0.05, 0.1) is 6.20 Å². The summed E-state index contributed by atoms with van der Waals surface area (Å²) >= 11 is 0. The van der Waals surface area contributed by atoms with Crippen molar-refractivity contribution in [2.24, 2.45) is 5.92 Å². The first-order chi connectivity index (χ1) is 7.36. The minimum absolute atomic E-state index is 0. The summed E-state index contributed by atoms with van der Waals surface area (Å²) in [6, 6.07) is 0. The van der Waals surface area contributed by atoms with Crippen LogP contribution < -0.4 is 10.6 Å². The summed E-state index contributed by atoms with van der Waals surface area (Å²) in [6.07, 6.45) is 5.67. The molecule has 1 saturated heterocycles. The molecule has 0 bridgehead atoms. The Balaban J connectivity index is 0.00000128. The molecule has 2 heterocycles. The average molecular weight is 279 g/mol. The third kappa shape index (κ3) is 4.85. The monoisotopic (exact) mass is 278 g/mol. The van der Waals surface area contributed by atoms with Gasteiger partial charge in [-0.3, -0.25) is 9.78 Å². The smallest absolute Gasteiger partial charge is 0.271 e. The Kier molecular flexibility index (Phi) is 7.78. The maximum atomic E-state index is 11.6. The molecule has 0 saturated carbocycles. The molecule has 96 valence electrons. The van der Waals surface area contributed by atoms with Crippen LogP contribution in [0.2, 0.25) is 0 Å². The van der Waals surface area contributed by atoms with Crippen LogP contribution >= 0.6 is 24.8 Å². The summed E-state index contributed by atoms with van der Waals surface area (Å²) in [6.45, 7) is 2.74. The van der Waals surface area contributed by atoms with Gasteiger partial charge < -0.3 is 10.6 Å². The van der Waals surface area contributed by atoms with Gasteiger partial charge in [0, 0.05) is 18.9 Å². The summed E-state index contributed by atoms with van der Waals surface area (Å²) in [5.74, 6) is 0.403. The molecule has 2 rings (SSSR count). The number of carbonyl (C=O) groups excluding carboxylic acids is 1. The number of carbonyl (C=O) groups is 1. The first kappa shape index (κ1) is 16.1. The van der Waals surface area contributed by atoms with Crippen LogP contribution in [0.3, 0.4) is 0 Å². The van der Waals surface area contributed by atoms with E-state index in [1.807, 2.05) is 0 Å². The van der Waals surface area contributed by atoms with Crippen LogP contribution in [0.15, 0.2) is 18.6 Å². The fourth-order valence-electron chi connectivity index (χ4n) is 1.63. The van der Waals surface area contributed by atoms with Crippen LogP contribution in [0, 0.1) is 5.92 Å². The van der Waals surface area contributed by atoms with Crippen molar-refractivity contribution in [3.8, 4) is 0 Å². The SMILES string of the molecule is Cl.Cl.O=C(NCC1CCNC1)c1cnccn1. The van der Waals surface area contributed by atoms with Crippen molar-refractivity contribution in [1.82, 2.24) is 20.6 Å². The largest absolute Gasteiger partial charge is 0.350 e. The third-order valence-electron chi connectivity index (χ3n) is 2.51. The summed E-state index contributed by atoms with van der Waals surface area (Å²) in [7, 11) is 0. The number of halogens is 2. The highest BCUT2D eigenvalue weighted by molar-refractivity contribution is 5.91. The first-order valence-electron chi connectivity index (χ1n) is 5.11. The van der Waals surface area contributed by atoms with Gasteiger partial charge in [0.2, 0.25) is 0 Å². The van der Waals surface area contributed by atoms with Gasteiger partial charge >= 0.3 is 0 Å². The molecule has 1 aliphatic rings. The van der Waals surface area contributed by atoms with Crippen molar-refractivity contribution >= 4 is 30.7 Å². The third-order valence-corrected chi connectivity index (χ3v) is 2.51. The normalized spacial score (nSPS) is 17.8. The van der Waals surface area contributed by atoms with Crippen LogP contribution in [-0.2, 0) is 0 Å². The van der Waals surface area contributed by atoms with Crippen molar-refractivity contribution in [3.05, 3.63) is 24.3 Å². The predicted molar refractivity (Wildman–Crippen MR) is 69.8 cm³/mol. The number of nitrogens with one attached hydrogen (secondary N) is 2. The van der Waals surface area contributed by atoms with Crippen LogP contribution in [0.25, 0.3) is 0 Å². The van der Waals surface area contributed by atoms with Gasteiger partial charge in [-0.05, 0) is 25.4 Å². The van der Waals surface area contributed by atoms with Gasteiger partial charge in [0.15, 0.2) is 0 Å². The van der Waals surface area contributed by atoms with E-state index in [0.717, 1.165) is 19.5 Å². The van der Waals surface area contributed by atoms with Crippen molar-refractivity contribution < 1.29 is 4.79 Å². The second-order valence-corrected chi connectivity index (χ2v) is 3.66. The molecule has 1 amide bonds. The Hall–Kier alpha value is -0.910. The second kappa shape index (κ2) is 8.22. The number of amides is 1. The first-order valence-corrected chi connectivity index (χ1v) is 5.11. The lowest BCUT2D eigenvalue weighted by atomic mass is 10.1. The fraction of sp³-hybridized carbons (Fsp3) is 0.500. The zero-order chi connectivity index (χ0) is 10.5. The molecule has 0 radical (unpaired) electrons. The van der Waals surface area contributed by atoms with Gasteiger partial charge in [0.25, 0.3) is 5.91 Å². The Labute approximate surface area is 113 Å². The molecular formula is C10H16Cl2N4O. The lowest BCUT2D eigenvalue weighted by Crippen LogP contribution is -2.30. The fourth-order valence-corrected chi connectivity index (χ4v) is 1.63. The van der Waals surface area contributed by atoms with E-state index >= 15 is 0 Å². The van der Waals surface area contributed by atoms with E-state index in [2.05, 4.69) is 20.6 Å². The van der Waals surface area contributed by atoms with E-state index in [0.29, 0.717) is 18.2 Å². The summed E-state index contributed by atoms with van der Waals surface area (Å²) in [4.78, 5) is 19.4. The van der Waals surface area contributed by atoms with E-state index in [-0.39, 0.29) is 30.7 Å². The Morgan fingerprint density at radius 2 is 2.29 bits per heavy atom. The number of hydrogen-bond acceptors (Lipinski definition) is 4. The van der Waals surface area contributed by atoms with Gasteiger partial charge in [-0.15, -0.1) is 24.8 Å². The molecule has 1 atom stereocenters. The lowest BCUT2D eigenvalue weighted by Gasteiger charge is -2.09. The van der Waals surface area contributed by atoms with Crippen molar-refractivity contribution in [2.45, 2.75) is 6.42 Å². The molecular weight excluding hydrogens is 263 g/mol. The lowest BCUT2D eigenvalue weighted by molar-refractivity contribution is 0.0943. The zero-order valence-corrected chi connectivity index (χ0v) is 10.9. The summed E-state index contributed by atoms with van der Waals surface area (Å²) in [5, 5.41) is 6.12. The van der Waals surface area contributed by atoms with Gasteiger partial charge in [-0.25, -0.2) is 4.98 Å². The molecule has 0 spiro atoms. The quantitative estimate of drug-likeness (QED) is 0.853. The number of aromatic nitrogens is 2. The second-order valence-electron chi connectivity index (χ2n) is 3.66. The Morgan fingerprint density at radius 1 is 1.47 bits per heavy atom. The van der Waals surface area contributed by atoms with Gasteiger partial charge in [-0.2, -0.15) is 0 Å². The summed E-state index contributed by atoms with van der Waals surface area (Å²) < 4.78 is 0. The molecule has 0 aromatic carbocycles. The topological polar surface area (TPSA) is 66.9 Å². The van der Waals surface area contributed by atoms with Crippen molar-refractivity contribution in [3.63, 3.8) is 0 Å². The standard InChI is InChI=1S/C10H14N4O.2ClH/c15-10(9-7-12-3-4-13-9)14-6-8-1-2-11-5-8;;/h3-4,7-8,11H,1-2,5-6H2,(H,14,15);2*1H. The highest BCUT2D eigenvalue weighted by Crippen LogP contribution is 2.05. The minimum atomic E-state index is -0.144. The predicted octanol–water partition coefficient (Wildman–Crippen LogP) is 0.659. The number of nitrogens with zero attached hydrogens (tertiary/aromatic N) is 2. The molecule has 1 aromatic rings. The summed E-state index contributed by atoms with van der Waals surface area (Å²) in [5.41, 5.74) is 0.378. The molecule has 7 heteroatoms. The van der Waals surface area contributed by atoms with E-state index in [4.69, 9.17) is 0 Å². The average Bonchev–Trinajstić information content (AvgIpc) is 2.80. The van der Waals surface area contributed by atoms with Crippen LogP contribution in [0.1, 0.15) is 16.9 Å². The maximum Gasteiger partial charge on any atom is 0.271 e. The Morgan fingerprint density at radius 3 is 2.88 bits per heavy atom. The van der Waals surface area contributed by atoms with Crippen molar-refractivity contribution in [2.75, 3.05) is 19.6 Å². The Bertz CT molecular complexity index is 330. The molecule has 1 aromatic heterocycles. The molecule has 5 nitrogen and oxygen atoms in total. The highest BCUT2D eigenvalue weighted by atomic mass is 35.5.